The number of rotatable bonds is 8. The number of ether oxygens (including phenoxy) is 1. The van der Waals surface area contributed by atoms with Crippen LogP contribution in [0.15, 0.2) is 53.4 Å². The Morgan fingerprint density at radius 1 is 1.09 bits per heavy atom. The van der Waals surface area contributed by atoms with E-state index in [2.05, 4.69) is 10.2 Å². The minimum atomic E-state index is -4.85. The monoisotopic (exact) mass is 485 g/mol. The lowest BCUT2D eigenvalue weighted by atomic mass is 10.1. The lowest BCUT2D eigenvalue weighted by molar-refractivity contribution is -0.139. The van der Waals surface area contributed by atoms with Crippen LogP contribution in [0.1, 0.15) is 18.1 Å². The molecule has 2 aromatic carbocycles. The Morgan fingerprint density at radius 2 is 1.73 bits per heavy atom. The summed E-state index contributed by atoms with van der Waals surface area (Å²) in [6.45, 7) is 5.42. The second kappa shape index (κ2) is 10.6. The molecule has 1 amide bonds. The third kappa shape index (κ3) is 7.00. The quantitative estimate of drug-likeness (QED) is 0.601. The van der Waals surface area contributed by atoms with Gasteiger partial charge in [0, 0.05) is 25.3 Å². The van der Waals surface area contributed by atoms with E-state index in [-0.39, 0.29) is 0 Å². The second-order valence-corrected chi connectivity index (χ2v) is 9.41. The number of sulfonamides is 1. The highest BCUT2D eigenvalue weighted by atomic mass is 32.2. The summed E-state index contributed by atoms with van der Waals surface area (Å²) in [4.78, 5) is 13.8. The second-order valence-electron chi connectivity index (χ2n) is 7.73. The van der Waals surface area contributed by atoms with E-state index in [4.69, 9.17) is 4.74 Å². The maximum atomic E-state index is 13.2. The van der Waals surface area contributed by atoms with E-state index in [1.165, 1.54) is 13.0 Å². The smallest absolute Gasteiger partial charge is 0.379 e. The van der Waals surface area contributed by atoms with Gasteiger partial charge in [-0.3, -0.25) is 9.69 Å². The molecule has 33 heavy (non-hydrogen) atoms. The van der Waals surface area contributed by atoms with Crippen LogP contribution >= 0.6 is 0 Å². The van der Waals surface area contributed by atoms with Crippen molar-refractivity contribution in [2.75, 3.05) is 38.2 Å². The van der Waals surface area contributed by atoms with Crippen LogP contribution in [-0.4, -0.2) is 58.1 Å². The van der Waals surface area contributed by atoms with Crippen LogP contribution in [0.3, 0.4) is 0 Å². The number of benzene rings is 2. The Bertz CT molecular complexity index is 1050. The summed E-state index contributed by atoms with van der Waals surface area (Å²) in [6.07, 6.45) is -4.01. The van der Waals surface area contributed by atoms with Gasteiger partial charge in [-0.15, -0.1) is 0 Å². The molecular weight excluding hydrogens is 459 g/mol. The molecular formula is C22H26F3N3O4S. The summed E-state index contributed by atoms with van der Waals surface area (Å²) >= 11 is 0. The van der Waals surface area contributed by atoms with E-state index in [0.29, 0.717) is 11.8 Å². The lowest BCUT2D eigenvalue weighted by Crippen LogP contribution is -2.42. The zero-order valence-corrected chi connectivity index (χ0v) is 18.9. The van der Waals surface area contributed by atoms with E-state index >= 15 is 0 Å². The summed E-state index contributed by atoms with van der Waals surface area (Å²) in [5, 5.41) is 2.58. The topological polar surface area (TPSA) is 87.7 Å². The van der Waals surface area contributed by atoms with Crippen LogP contribution in [0.4, 0.5) is 18.9 Å². The highest BCUT2D eigenvalue weighted by molar-refractivity contribution is 7.89. The van der Waals surface area contributed by atoms with Gasteiger partial charge in [0.25, 0.3) is 0 Å². The van der Waals surface area contributed by atoms with E-state index in [1.807, 2.05) is 16.9 Å². The lowest BCUT2D eigenvalue weighted by Gasteiger charge is -2.26. The molecule has 1 heterocycles. The standard InChI is InChI=1S/C22H26F3N3O4S/c1-16(27-33(30,31)20-5-3-2-4-19(20)22(23,24)25)21(29)26-18-8-6-17(7-9-18)10-11-28-12-14-32-15-13-28/h2-9,16,27H,10-15H2,1H3,(H,26,29)/t16-/m0/s1. The Kier molecular flexibility index (Phi) is 8.11. The van der Waals surface area contributed by atoms with Gasteiger partial charge >= 0.3 is 6.18 Å². The molecule has 0 radical (unpaired) electrons. The summed E-state index contributed by atoms with van der Waals surface area (Å²) in [7, 11) is -4.58. The molecule has 0 saturated carbocycles. The fourth-order valence-corrected chi connectivity index (χ4v) is 4.83. The highest BCUT2D eigenvalue weighted by Crippen LogP contribution is 2.33. The summed E-state index contributed by atoms with van der Waals surface area (Å²) in [6, 6.07) is 9.66. The van der Waals surface area contributed by atoms with Crippen LogP contribution in [0, 0.1) is 0 Å². The average Bonchev–Trinajstić information content (AvgIpc) is 2.78. The number of morpholine rings is 1. The third-order valence-electron chi connectivity index (χ3n) is 5.25. The van der Waals surface area contributed by atoms with E-state index in [0.717, 1.165) is 57.0 Å². The Hall–Kier alpha value is -2.47. The summed E-state index contributed by atoms with van der Waals surface area (Å²) in [5.41, 5.74) is 0.242. The third-order valence-corrected chi connectivity index (χ3v) is 6.85. The molecule has 1 aliphatic heterocycles. The van der Waals surface area contributed by atoms with E-state index in [1.54, 1.807) is 12.1 Å². The van der Waals surface area contributed by atoms with Crippen LogP contribution in [-0.2, 0) is 32.2 Å². The first-order valence-corrected chi connectivity index (χ1v) is 11.9. The predicted octanol–water partition coefficient (Wildman–Crippen LogP) is 2.89. The van der Waals surface area contributed by atoms with Crippen LogP contribution in [0.5, 0.6) is 0 Å². The van der Waals surface area contributed by atoms with Gasteiger partial charge in [0.15, 0.2) is 0 Å². The molecule has 2 N–H and O–H groups in total. The molecule has 2 aromatic rings. The number of nitrogens with zero attached hydrogens (tertiary/aromatic N) is 1. The van der Waals surface area contributed by atoms with Crippen molar-refractivity contribution in [1.29, 1.82) is 0 Å². The van der Waals surface area contributed by atoms with Gasteiger partial charge in [-0.25, -0.2) is 8.42 Å². The summed E-state index contributed by atoms with van der Waals surface area (Å²) < 4.78 is 71.9. The molecule has 3 rings (SSSR count). The van der Waals surface area contributed by atoms with Crippen molar-refractivity contribution in [1.82, 2.24) is 9.62 Å². The maximum Gasteiger partial charge on any atom is 0.417 e. The van der Waals surface area contributed by atoms with Crippen molar-refractivity contribution in [3.05, 3.63) is 59.7 Å². The molecule has 1 fully saturated rings. The number of amides is 1. The molecule has 7 nitrogen and oxygen atoms in total. The zero-order valence-electron chi connectivity index (χ0n) is 18.1. The number of alkyl halides is 3. The first-order chi connectivity index (χ1) is 15.6. The van der Waals surface area contributed by atoms with Gasteiger partial charge < -0.3 is 10.1 Å². The van der Waals surface area contributed by atoms with Gasteiger partial charge in [-0.1, -0.05) is 24.3 Å². The van der Waals surface area contributed by atoms with Gasteiger partial charge in [0.05, 0.1) is 29.7 Å². The van der Waals surface area contributed by atoms with Crippen molar-refractivity contribution in [3.8, 4) is 0 Å². The van der Waals surface area contributed by atoms with Crippen molar-refractivity contribution in [3.63, 3.8) is 0 Å². The van der Waals surface area contributed by atoms with E-state index in [9.17, 15) is 26.4 Å². The Balaban J connectivity index is 1.58. The van der Waals surface area contributed by atoms with Crippen molar-refractivity contribution < 1.29 is 31.1 Å². The molecule has 180 valence electrons. The minimum absolute atomic E-state index is 0.455. The minimum Gasteiger partial charge on any atom is -0.379 e. The Morgan fingerprint density at radius 3 is 2.36 bits per heavy atom. The molecule has 0 unspecified atom stereocenters. The van der Waals surface area contributed by atoms with Crippen molar-refractivity contribution >= 4 is 21.6 Å². The number of anilines is 1. The number of carbonyl (C=O) groups excluding carboxylic acids is 1. The SMILES string of the molecule is C[C@H](NS(=O)(=O)c1ccccc1C(F)(F)F)C(=O)Nc1ccc(CCN2CCOCC2)cc1. The fourth-order valence-electron chi connectivity index (χ4n) is 3.40. The van der Waals surface area contributed by atoms with Crippen LogP contribution in [0.25, 0.3) is 0 Å². The maximum absolute atomic E-state index is 13.2. The summed E-state index contributed by atoms with van der Waals surface area (Å²) in [5.74, 6) is -0.691. The van der Waals surface area contributed by atoms with Gasteiger partial charge in [0.1, 0.15) is 0 Å². The molecule has 0 spiro atoms. The highest BCUT2D eigenvalue weighted by Gasteiger charge is 2.37. The molecule has 0 aromatic heterocycles. The molecule has 0 bridgehead atoms. The first kappa shape index (κ1) is 25.2. The largest absolute Gasteiger partial charge is 0.417 e. The molecule has 1 saturated heterocycles. The average molecular weight is 486 g/mol. The Labute approximate surface area is 191 Å². The first-order valence-electron chi connectivity index (χ1n) is 10.4. The number of nitrogens with one attached hydrogen (secondary N) is 2. The van der Waals surface area contributed by atoms with Crippen LogP contribution < -0.4 is 10.0 Å². The molecule has 1 aliphatic rings. The fraction of sp³-hybridized carbons (Fsp3) is 0.409. The van der Waals surface area contributed by atoms with Crippen LogP contribution in [0.2, 0.25) is 0 Å². The van der Waals surface area contributed by atoms with Gasteiger partial charge in [-0.05, 0) is 43.2 Å². The molecule has 0 aliphatic carbocycles. The van der Waals surface area contributed by atoms with Crippen molar-refractivity contribution in [2.24, 2.45) is 0 Å². The van der Waals surface area contributed by atoms with Gasteiger partial charge in [0.2, 0.25) is 15.9 Å². The normalized spacial score (nSPS) is 16.4. The predicted molar refractivity (Wildman–Crippen MR) is 117 cm³/mol. The van der Waals surface area contributed by atoms with Crippen molar-refractivity contribution in [2.45, 2.75) is 30.5 Å². The number of hydrogen-bond donors (Lipinski definition) is 2. The van der Waals surface area contributed by atoms with Gasteiger partial charge in [-0.2, -0.15) is 17.9 Å². The number of carbonyl (C=O) groups is 1. The van der Waals surface area contributed by atoms with E-state index < -0.39 is 38.6 Å². The molecule has 11 heteroatoms. The molecule has 1 atom stereocenters. The number of halogens is 3. The number of hydrogen-bond acceptors (Lipinski definition) is 5. The zero-order chi connectivity index (χ0) is 24.1.